The quantitative estimate of drug-likeness (QED) is 0.476. The van der Waals surface area contributed by atoms with Gasteiger partial charge in [0.2, 0.25) is 0 Å². The lowest BCUT2D eigenvalue weighted by Gasteiger charge is -2.37. The van der Waals surface area contributed by atoms with Gasteiger partial charge in [-0.25, -0.2) is 4.98 Å². The maximum atomic E-state index is 13.9. The summed E-state index contributed by atoms with van der Waals surface area (Å²) in [6.45, 7) is 1.13. The van der Waals surface area contributed by atoms with Crippen molar-refractivity contribution in [3.63, 3.8) is 0 Å². The Morgan fingerprint density at radius 2 is 1.92 bits per heavy atom. The number of carbonyl (C=O) groups excluding carboxylic acids is 1. The van der Waals surface area contributed by atoms with Crippen LogP contribution in [0.3, 0.4) is 0 Å². The molecule has 12 heteroatoms. The normalized spacial score (nSPS) is 17.6. The third-order valence-corrected chi connectivity index (χ3v) is 6.67. The van der Waals surface area contributed by atoms with E-state index in [1.807, 2.05) is 0 Å². The number of anilines is 4. The Kier molecular flexibility index (Phi) is 7.33. The third-order valence-electron chi connectivity index (χ3n) is 6.37. The minimum absolute atomic E-state index is 0.00870. The van der Waals surface area contributed by atoms with Crippen LogP contribution in [0.4, 0.5) is 36.1 Å². The van der Waals surface area contributed by atoms with Crippen LogP contribution in [0.5, 0.6) is 5.75 Å². The lowest BCUT2D eigenvalue weighted by molar-refractivity contribution is -0.137. The van der Waals surface area contributed by atoms with Crippen LogP contribution in [0, 0.1) is 0 Å². The van der Waals surface area contributed by atoms with E-state index < -0.39 is 23.7 Å². The lowest BCUT2D eigenvalue weighted by atomic mass is 10.1. The van der Waals surface area contributed by atoms with E-state index in [1.54, 1.807) is 40.3 Å². The SMILES string of the molecule is O=C(Nc1ccc(N2CCOCC2)c(C(F)(F)F)c1)c1cccc2c1OC[C@H](CO)N2c1ncccc1Cl. The van der Waals surface area contributed by atoms with Gasteiger partial charge in [-0.1, -0.05) is 17.7 Å². The van der Waals surface area contributed by atoms with Gasteiger partial charge in [-0.2, -0.15) is 13.2 Å². The number of hydrogen-bond acceptors (Lipinski definition) is 7. The van der Waals surface area contributed by atoms with Gasteiger partial charge in [0.25, 0.3) is 5.91 Å². The topological polar surface area (TPSA) is 87.2 Å². The van der Waals surface area contributed by atoms with Crippen LogP contribution in [0.1, 0.15) is 15.9 Å². The number of halogens is 4. The molecular formula is C26H24ClF3N4O4. The highest BCUT2D eigenvalue weighted by Crippen LogP contribution is 2.43. The van der Waals surface area contributed by atoms with E-state index in [-0.39, 0.29) is 35.9 Å². The summed E-state index contributed by atoms with van der Waals surface area (Å²) < 4.78 is 52.9. The highest BCUT2D eigenvalue weighted by molar-refractivity contribution is 6.33. The third kappa shape index (κ3) is 5.09. The number of ether oxygens (including phenoxy) is 2. The fraction of sp³-hybridized carbons (Fsp3) is 0.308. The van der Waals surface area contributed by atoms with Crippen LogP contribution in [-0.4, -0.2) is 61.6 Å². The van der Waals surface area contributed by atoms with E-state index in [9.17, 15) is 23.1 Å². The number of benzene rings is 2. The van der Waals surface area contributed by atoms with Crippen LogP contribution >= 0.6 is 11.6 Å². The molecule has 3 heterocycles. The molecule has 0 unspecified atom stereocenters. The Morgan fingerprint density at radius 1 is 1.13 bits per heavy atom. The van der Waals surface area contributed by atoms with Crippen molar-refractivity contribution in [3.05, 3.63) is 70.9 Å². The maximum Gasteiger partial charge on any atom is 0.418 e. The summed E-state index contributed by atoms with van der Waals surface area (Å²) in [5, 5.41) is 12.9. The summed E-state index contributed by atoms with van der Waals surface area (Å²) in [5.74, 6) is -0.0649. The molecule has 2 aromatic carbocycles. The smallest absolute Gasteiger partial charge is 0.418 e. The van der Waals surface area contributed by atoms with E-state index in [0.717, 1.165) is 6.07 Å². The summed E-state index contributed by atoms with van der Waals surface area (Å²) in [4.78, 5) is 20.9. The molecule has 1 amide bonds. The van der Waals surface area contributed by atoms with Gasteiger partial charge in [0.1, 0.15) is 6.61 Å². The van der Waals surface area contributed by atoms with Gasteiger partial charge in [0.05, 0.1) is 47.7 Å². The van der Waals surface area contributed by atoms with Gasteiger partial charge < -0.3 is 29.7 Å². The standard InChI is InChI=1S/C26H24ClF3N4O4/c27-20-4-2-8-31-24(20)34-17(14-35)15-38-23-18(3-1-5-22(23)34)25(36)32-16-6-7-21(19(13-16)26(28,29)30)33-9-11-37-12-10-33/h1-8,13,17,35H,9-12,14-15H2,(H,32,36)/t17-/m0/s1. The average molecular weight is 549 g/mol. The molecule has 38 heavy (non-hydrogen) atoms. The predicted octanol–water partition coefficient (Wildman–Crippen LogP) is 4.73. The molecule has 1 saturated heterocycles. The maximum absolute atomic E-state index is 13.9. The number of carbonyl (C=O) groups is 1. The minimum Gasteiger partial charge on any atom is -0.488 e. The molecule has 0 spiro atoms. The first-order valence-corrected chi connectivity index (χ1v) is 12.3. The molecule has 0 aliphatic carbocycles. The molecule has 0 radical (unpaired) electrons. The van der Waals surface area contributed by atoms with Crippen molar-refractivity contribution in [2.24, 2.45) is 0 Å². The average Bonchev–Trinajstić information content (AvgIpc) is 2.92. The first-order valence-electron chi connectivity index (χ1n) is 11.9. The van der Waals surface area contributed by atoms with E-state index in [2.05, 4.69) is 10.3 Å². The number of nitrogens with zero attached hydrogens (tertiary/aromatic N) is 3. The van der Waals surface area contributed by atoms with E-state index in [4.69, 9.17) is 21.1 Å². The Balaban J connectivity index is 1.47. The zero-order valence-electron chi connectivity index (χ0n) is 20.0. The first kappa shape index (κ1) is 26.1. The Labute approximate surface area is 221 Å². The summed E-state index contributed by atoms with van der Waals surface area (Å²) in [5.41, 5.74) is -0.253. The Bertz CT molecular complexity index is 1330. The molecule has 2 aliphatic heterocycles. The van der Waals surface area contributed by atoms with Crippen molar-refractivity contribution in [1.82, 2.24) is 4.98 Å². The van der Waals surface area contributed by atoms with Crippen LogP contribution < -0.4 is 19.9 Å². The number of alkyl halides is 3. The molecule has 200 valence electrons. The van der Waals surface area contributed by atoms with Crippen LogP contribution in [0.25, 0.3) is 0 Å². The highest BCUT2D eigenvalue weighted by Gasteiger charge is 2.36. The first-order chi connectivity index (χ1) is 18.3. The molecule has 3 aromatic rings. The van der Waals surface area contributed by atoms with Crippen molar-refractivity contribution in [2.45, 2.75) is 12.2 Å². The summed E-state index contributed by atoms with van der Waals surface area (Å²) >= 11 is 6.37. The summed E-state index contributed by atoms with van der Waals surface area (Å²) in [6.07, 6.45) is -3.06. The van der Waals surface area contributed by atoms with E-state index >= 15 is 0 Å². The summed E-state index contributed by atoms with van der Waals surface area (Å²) in [7, 11) is 0. The number of para-hydroxylation sites is 1. The molecule has 1 fully saturated rings. The molecule has 2 N–H and O–H groups in total. The van der Waals surface area contributed by atoms with Crippen molar-refractivity contribution >= 4 is 40.4 Å². The van der Waals surface area contributed by atoms with E-state index in [0.29, 0.717) is 42.8 Å². The molecule has 1 atom stereocenters. The van der Waals surface area contributed by atoms with Gasteiger partial charge in [-0.15, -0.1) is 0 Å². The largest absolute Gasteiger partial charge is 0.488 e. The number of fused-ring (bicyclic) bond motifs is 1. The van der Waals surface area contributed by atoms with E-state index in [1.165, 1.54) is 18.2 Å². The minimum atomic E-state index is -4.62. The van der Waals surface area contributed by atoms with Crippen molar-refractivity contribution in [2.75, 3.05) is 54.6 Å². The zero-order valence-corrected chi connectivity index (χ0v) is 20.8. The number of aliphatic hydroxyl groups is 1. The van der Waals surface area contributed by atoms with Gasteiger partial charge in [-0.3, -0.25) is 4.79 Å². The molecule has 5 rings (SSSR count). The van der Waals surface area contributed by atoms with Gasteiger partial charge in [0.15, 0.2) is 11.6 Å². The number of pyridine rings is 1. The molecule has 1 aromatic heterocycles. The van der Waals surface area contributed by atoms with Crippen molar-refractivity contribution < 1.29 is 32.5 Å². The molecule has 8 nitrogen and oxygen atoms in total. The van der Waals surface area contributed by atoms with Gasteiger partial charge in [0, 0.05) is 30.7 Å². The van der Waals surface area contributed by atoms with Gasteiger partial charge >= 0.3 is 6.18 Å². The predicted molar refractivity (Wildman–Crippen MR) is 137 cm³/mol. The molecule has 2 aliphatic rings. The fourth-order valence-electron chi connectivity index (χ4n) is 4.59. The number of hydrogen-bond donors (Lipinski definition) is 2. The fourth-order valence-corrected chi connectivity index (χ4v) is 4.80. The van der Waals surface area contributed by atoms with Crippen molar-refractivity contribution in [1.29, 1.82) is 0 Å². The Morgan fingerprint density at radius 3 is 2.63 bits per heavy atom. The molecular weight excluding hydrogens is 525 g/mol. The van der Waals surface area contributed by atoms with Crippen LogP contribution in [-0.2, 0) is 10.9 Å². The zero-order chi connectivity index (χ0) is 26.9. The number of aromatic nitrogens is 1. The van der Waals surface area contributed by atoms with Crippen LogP contribution in [0.15, 0.2) is 54.7 Å². The second kappa shape index (κ2) is 10.7. The Hall–Kier alpha value is -3.54. The highest BCUT2D eigenvalue weighted by atomic mass is 35.5. The number of aliphatic hydroxyl groups excluding tert-OH is 1. The lowest BCUT2D eigenvalue weighted by Crippen LogP contribution is -2.43. The van der Waals surface area contributed by atoms with Gasteiger partial charge in [-0.05, 0) is 42.5 Å². The number of nitrogens with one attached hydrogen (secondary N) is 1. The molecule has 0 saturated carbocycles. The monoisotopic (exact) mass is 548 g/mol. The number of amides is 1. The second-order valence-electron chi connectivity index (χ2n) is 8.76. The second-order valence-corrected chi connectivity index (χ2v) is 9.17. The number of rotatable bonds is 5. The summed E-state index contributed by atoms with van der Waals surface area (Å²) in [6, 6.07) is 11.4. The van der Waals surface area contributed by atoms with Crippen LogP contribution in [0.2, 0.25) is 5.02 Å². The number of morpholine rings is 1. The van der Waals surface area contributed by atoms with Crippen molar-refractivity contribution in [3.8, 4) is 5.75 Å². The molecule has 0 bridgehead atoms.